The van der Waals surface area contributed by atoms with E-state index in [-0.39, 0.29) is 6.03 Å². The minimum atomic E-state index is -1.20. The van der Waals surface area contributed by atoms with Crippen molar-refractivity contribution in [2.24, 2.45) is 5.92 Å². The van der Waals surface area contributed by atoms with Crippen molar-refractivity contribution in [3.63, 3.8) is 0 Å². The summed E-state index contributed by atoms with van der Waals surface area (Å²) in [6, 6.07) is -0.318. The lowest BCUT2D eigenvalue weighted by Crippen LogP contribution is -2.56. The first-order valence-electron chi connectivity index (χ1n) is 6.76. The van der Waals surface area contributed by atoms with Crippen LogP contribution in [0.3, 0.4) is 0 Å². The van der Waals surface area contributed by atoms with Crippen molar-refractivity contribution >= 4 is 12.0 Å². The molecule has 0 bridgehead atoms. The number of ether oxygens (including phenoxy) is 1. The molecule has 0 aromatic carbocycles. The van der Waals surface area contributed by atoms with Gasteiger partial charge in [-0.05, 0) is 39.5 Å². The summed E-state index contributed by atoms with van der Waals surface area (Å²) < 4.78 is 5.26. The van der Waals surface area contributed by atoms with Crippen LogP contribution in [0.15, 0.2) is 0 Å². The van der Waals surface area contributed by atoms with Gasteiger partial charge in [-0.1, -0.05) is 0 Å². The van der Waals surface area contributed by atoms with Crippen LogP contribution in [0.1, 0.15) is 33.6 Å². The Kier molecular flexibility index (Phi) is 5.60. The van der Waals surface area contributed by atoms with Gasteiger partial charge in [-0.25, -0.2) is 9.59 Å². The topological polar surface area (TPSA) is 78.9 Å². The smallest absolute Gasteiger partial charge is 0.329 e. The van der Waals surface area contributed by atoms with E-state index in [1.807, 2.05) is 0 Å². The van der Waals surface area contributed by atoms with Crippen LogP contribution in [0.25, 0.3) is 0 Å². The molecule has 0 aromatic heterocycles. The van der Waals surface area contributed by atoms with Crippen LogP contribution in [-0.4, -0.2) is 53.8 Å². The average molecular weight is 272 g/mol. The van der Waals surface area contributed by atoms with Gasteiger partial charge < -0.3 is 20.1 Å². The van der Waals surface area contributed by atoms with Crippen molar-refractivity contribution in [2.75, 3.05) is 26.3 Å². The first kappa shape index (κ1) is 15.8. The lowest BCUT2D eigenvalue weighted by Gasteiger charge is -2.34. The summed E-state index contributed by atoms with van der Waals surface area (Å²) in [5.41, 5.74) is -1.20. The highest BCUT2D eigenvalue weighted by Crippen LogP contribution is 2.16. The molecule has 0 saturated carbocycles. The zero-order valence-electron chi connectivity index (χ0n) is 11.9. The van der Waals surface area contributed by atoms with Gasteiger partial charge in [0, 0.05) is 26.3 Å². The first-order chi connectivity index (χ1) is 8.89. The molecule has 0 radical (unpaired) electrons. The zero-order valence-corrected chi connectivity index (χ0v) is 11.9. The van der Waals surface area contributed by atoms with Crippen molar-refractivity contribution < 1.29 is 19.4 Å². The number of hydrogen-bond acceptors (Lipinski definition) is 3. The van der Waals surface area contributed by atoms with E-state index in [2.05, 4.69) is 5.32 Å². The van der Waals surface area contributed by atoms with E-state index in [0.29, 0.717) is 19.0 Å². The fraction of sp³-hybridized carbons (Fsp3) is 0.846. The summed E-state index contributed by atoms with van der Waals surface area (Å²) in [7, 11) is 0. The zero-order chi connectivity index (χ0) is 14.5. The van der Waals surface area contributed by atoms with Crippen LogP contribution < -0.4 is 5.32 Å². The Hall–Kier alpha value is -1.30. The normalized spacial score (nSPS) is 17.0. The number of amides is 2. The predicted molar refractivity (Wildman–Crippen MR) is 71.0 cm³/mol. The van der Waals surface area contributed by atoms with Gasteiger partial charge in [0.15, 0.2) is 0 Å². The maximum atomic E-state index is 12.1. The largest absolute Gasteiger partial charge is 0.480 e. The SMILES string of the molecule is CCN(C(=O)NCC1CCOCC1)C(C)(C)C(=O)O. The number of hydrogen-bond donors (Lipinski definition) is 2. The number of carbonyl (C=O) groups excluding carboxylic acids is 1. The predicted octanol–water partition coefficient (Wildman–Crippen LogP) is 1.31. The number of carbonyl (C=O) groups is 2. The minimum Gasteiger partial charge on any atom is -0.480 e. The Morgan fingerprint density at radius 2 is 1.95 bits per heavy atom. The molecule has 1 rings (SSSR count). The second-order valence-corrected chi connectivity index (χ2v) is 5.35. The average Bonchev–Trinajstić information content (AvgIpc) is 2.38. The molecule has 1 heterocycles. The molecule has 6 nitrogen and oxygen atoms in total. The third kappa shape index (κ3) is 4.09. The standard InChI is InChI=1S/C13H24N2O4/c1-4-15(13(2,3)11(16)17)12(18)14-9-10-5-7-19-8-6-10/h10H,4-9H2,1-3H3,(H,14,18)(H,16,17). The van der Waals surface area contributed by atoms with Crippen molar-refractivity contribution in [1.82, 2.24) is 10.2 Å². The molecule has 0 spiro atoms. The maximum Gasteiger partial charge on any atom is 0.329 e. The third-order valence-corrected chi connectivity index (χ3v) is 3.64. The van der Waals surface area contributed by atoms with Gasteiger partial charge in [0.05, 0.1) is 0 Å². The van der Waals surface area contributed by atoms with E-state index >= 15 is 0 Å². The van der Waals surface area contributed by atoms with Crippen LogP contribution in [0.5, 0.6) is 0 Å². The van der Waals surface area contributed by atoms with Crippen LogP contribution in [0, 0.1) is 5.92 Å². The fourth-order valence-electron chi connectivity index (χ4n) is 2.19. The van der Waals surface area contributed by atoms with E-state index in [9.17, 15) is 14.7 Å². The van der Waals surface area contributed by atoms with Gasteiger partial charge in [-0.15, -0.1) is 0 Å². The van der Waals surface area contributed by atoms with Crippen molar-refractivity contribution in [3.05, 3.63) is 0 Å². The van der Waals surface area contributed by atoms with E-state index in [4.69, 9.17) is 4.74 Å². The molecule has 1 aliphatic heterocycles. The Labute approximate surface area is 114 Å². The maximum absolute atomic E-state index is 12.1. The molecule has 110 valence electrons. The molecule has 1 aliphatic rings. The minimum absolute atomic E-state index is 0.318. The van der Waals surface area contributed by atoms with Crippen LogP contribution in [0.4, 0.5) is 4.79 Å². The molecule has 2 amide bonds. The van der Waals surface area contributed by atoms with E-state index in [1.165, 1.54) is 18.7 Å². The molecule has 0 unspecified atom stereocenters. The van der Waals surface area contributed by atoms with Crippen LogP contribution in [0.2, 0.25) is 0 Å². The summed E-state index contributed by atoms with van der Waals surface area (Å²) in [5, 5.41) is 12.0. The lowest BCUT2D eigenvalue weighted by atomic mass is 10.0. The second kappa shape index (κ2) is 6.75. The molecule has 2 N–H and O–H groups in total. The Balaban J connectivity index is 2.52. The number of aliphatic carboxylic acids is 1. The van der Waals surface area contributed by atoms with Gasteiger partial charge in [-0.2, -0.15) is 0 Å². The molecule has 0 aliphatic carbocycles. The van der Waals surface area contributed by atoms with E-state index in [0.717, 1.165) is 26.1 Å². The quantitative estimate of drug-likeness (QED) is 0.791. The van der Waals surface area contributed by atoms with Gasteiger partial charge in [0.25, 0.3) is 0 Å². The van der Waals surface area contributed by atoms with Gasteiger partial charge in [0.1, 0.15) is 5.54 Å². The highest BCUT2D eigenvalue weighted by atomic mass is 16.5. The Morgan fingerprint density at radius 1 is 1.37 bits per heavy atom. The number of carboxylic acids is 1. The van der Waals surface area contributed by atoms with Crippen molar-refractivity contribution in [3.8, 4) is 0 Å². The Morgan fingerprint density at radius 3 is 2.42 bits per heavy atom. The molecular weight excluding hydrogens is 248 g/mol. The molecule has 19 heavy (non-hydrogen) atoms. The van der Waals surface area contributed by atoms with Gasteiger partial charge in [0.2, 0.25) is 0 Å². The molecule has 0 atom stereocenters. The molecule has 1 saturated heterocycles. The number of nitrogens with one attached hydrogen (secondary N) is 1. The van der Waals surface area contributed by atoms with Crippen LogP contribution in [-0.2, 0) is 9.53 Å². The fourth-order valence-corrected chi connectivity index (χ4v) is 2.19. The molecule has 1 fully saturated rings. The second-order valence-electron chi connectivity index (χ2n) is 5.35. The van der Waals surface area contributed by atoms with Gasteiger partial charge >= 0.3 is 12.0 Å². The summed E-state index contributed by atoms with van der Waals surface area (Å²) in [6.07, 6.45) is 1.88. The van der Waals surface area contributed by atoms with Crippen molar-refractivity contribution in [2.45, 2.75) is 39.2 Å². The van der Waals surface area contributed by atoms with E-state index < -0.39 is 11.5 Å². The summed E-state index contributed by atoms with van der Waals surface area (Å²) in [6.45, 7) is 7.25. The summed E-state index contributed by atoms with van der Waals surface area (Å²) >= 11 is 0. The molecule has 0 aromatic rings. The first-order valence-corrected chi connectivity index (χ1v) is 6.76. The van der Waals surface area contributed by atoms with Crippen molar-refractivity contribution in [1.29, 1.82) is 0 Å². The van der Waals surface area contributed by atoms with Gasteiger partial charge in [-0.3, -0.25) is 0 Å². The highest BCUT2D eigenvalue weighted by Gasteiger charge is 2.36. The highest BCUT2D eigenvalue weighted by molar-refractivity contribution is 5.85. The number of urea groups is 1. The summed E-state index contributed by atoms with van der Waals surface area (Å²) in [5.74, 6) is -0.583. The molecule has 6 heteroatoms. The van der Waals surface area contributed by atoms with E-state index in [1.54, 1.807) is 6.92 Å². The Bertz CT molecular complexity index is 325. The number of carboxylic acid groups (broad SMARTS) is 1. The number of rotatable bonds is 5. The number of likely N-dealkylation sites (N-methyl/N-ethyl adjacent to an activating group) is 1. The summed E-state index contributed by atoms with van der Waals surface area (Å²) in [4.78, 5) is 24.6. The number of nitrogens with zero attached hydrogens (tertiary/aromatic N) is 1. The lowest BCUT2D eigenvalue weighted by molar-refractivity contribution is -0.147. The third-order valence-electron chi connectivity index (χ3n) is 3.64. The monoisotopic (exact) mass is 272 g/mol. The molecular formula is C13H24N2O4. The van der Waals surface area contributed by atoms with Crippen LogP contribution >= 0.6 is 0 Å².